The molecule has 3 aliphatic rings. The fraction of sp³-hybridized carbons (Fsp3) is 0.700. The standard InChI is InChI=1S/C10H14N2O2/c13-9-2-1-8-7-11-4-3-10(8)12(9)5-6-14-10/h3-4,8,11H,1-2,5-7H2. The van der Waals surface area contributed by atoms with Crippen LogP contribution in [0.3, 0.4) is 0 Å². The molecule has 1 amide bonds. The normalized spacial score (nSPS) is 40.4. The second-order valence-electron chi connectivity index (χ2n) is 4.12. The lowest BCUT2D eigenvalue weighted by atomic mass is 9.84. The molecule has 3 aliphatic heterocycles. The van der Waals surface area contributed by atoms with Gasteiger partial charge in [0.15, 0.2) is 5.72 Å². The summed E-state index contributed by atoms with van der Waals surface area (Å²) >= 11 is 0. The maximum atomic E-state index is 11.7. The molecule has 2 unspecified atom stereocenters. The van der Waals surface area contributed by atoms with Crippen LogP contribution in [0.4, 0.5) is 0 Å². The van der Waals surface area contributed by atoms with Crippen molar-refractivity contribution in [3.8, 4) is 0 Å². The van der Waals surface area contributed by atoms with E-state index in [9.17, 15) is 4.79 Å². The van der Waals surface area contributed by atoms with Crippen molar-refractivity contribution in [2.24, 2.45) is 5.92 Å². The third-order valence-electron chi connectivity index (χ3n) is 3.47. The molecule has 0 aromatic heterocycles. The van der Waals surface area contributed by atoms with Crippen LogP contribution in [0.15, 0.2) is 12.3 Å². The first kappa shape index (κ1) is 8.29. The Balaban J connectivity index is 2.03. The van der Waals surface area contributed by atoms with Gasteiger partial charge in [0.25, 0.3) is 0 Å². The molecule has 0 bridgehead atoms. The van der Waals surface area contributed by atoms with Gasteiger partial charge < -0.3 is 15.0 Å². The Labute approximate surface area is 82.9 Å². The highest BCUT2D eigenvalue weighted by Crippen LogP contribution is 2.40. The zero-order valence-electron chi connectivity index (χ0n) is 8.03. The van der Waals surface area contributed by atoms with Crippen LogP contribution in [0, 0.1) is 5.92 Å². The average molecular weight is 194 g/mol. The van der Waals surface area contributed by atoms with Crippen LogP contribution in [0.1, 0.15) is 12.8 Å². The van der Waals surface area contributed by atoms with E-state index in [0.717, 1.165) is 19.5 Å². The van der Waals surface area contributed by atoms with Gasteiger partial charge in [0, 0.05) is 25.4 Å². The molecule has 0 radical (unpaired) electrons. The minimum Gasteiger partial charge on any atom is -0.391 e. The Hall–Kier alpha value is -1.03. The predicted octanol–water partition coefficient (Wildman–Crippen LogP) is 0.0684. The van der Waals surface area contributed by atoms with Crippen LogP contribution >= 0.6 is 0 Å². The summed E-state index contributed by atoms with van der Waals surface area (Å²) in [5, 5.41) is 3.21. The summed E-state index contributed by atoms with van der Waals surface area (Å²) in [7, 11) is 0. The van der Waals surface area contributed by atoms with Crippen LogP contribution in [-0.4, -0.2) is 36.2 Å². The molecule has 0 aliphatic carbocycles. The third-order valence-corrected chi connectivity index (χ3v) is 3.47. The predicted molar refractivity (Wildman–Crippen MR) is 50.3 cm³/mol. The second-order valence-corrected chi connectivity index (χ2v) is 4.12. The van der Waals surface area contributed by atoms with Crippen LogP contribution in [0.5, 0.6) is 0 Å². The second kappa shape index (κ2) is 2.73. The summed E-state index contributed by atoms with van der Waals surface area (Å²) in [6.07, 6.45) is 5.52. The van der Waals surface area contributed by atoms with Crippen molar-refractivity contribution in [1.29, 1.82) is 0 Å². The van der Waals surface area contributed by atoms with E-state index in [-0.39, 0.29) is 5.91 Å². The van der Waals surface area contributed by atoms with Crippen LogP contribution in [-0.2, 0) is 9.53 Å². The van der Waals surface area contributed by atoms with Crippen LogP contribution < -0.4 is 5.32 Å². The maximum Gasteiger partial charge on any atom is 0.225 e. The number of ether oxygens (including phenoxy) is 1. The zero-order valence-corrected chi connectivity index (χ0v) is 8.03. The molecule has 4 nitrogen and oxygen atoms in total. The number of piperidine rings is 1. The van der Waals surface area contributed by atoms with Gasteiger partial charge in [-0.3, -0.25) is 4.79 Å². The molecule has 2 atom stereocenters. The number of amides is 1. The molecule has 3 rings (SSSR count). The molecule has 14 heavy (non-hydrogen) atoms. The lowest BCUT2D eigenvalue weighted by Crippen LogP contribution is -2.59. The van der Waals surface area contributed by atoms with Crippen molar-refractivity contribution >= 4 is 5.91 Å². The molecule has 0 aromatic carbocycles. The number of nitrogens with one attached hydrogen (secondary N) is 1. The minimum atomic E-state index is -0.402. The molecule has 1 spiro atoms. The summed E-state index contributed by atoms with van der Waals surface area (Å²) in [6, 6.07) is 0. The summed E-state index contributed by atoms with van der Waals surface area (Å²) in [5.74, 6) is 0.665. The number of carbonyl (C=O) groups is 1. The van der Waals surface area contributed by atoms with Gasteiger partial charge in [-0.2, -0.15) is 0 Å². The first-order chi connectivity index (χ1) is 6.83. The third kappa shape index (κ3) is 0.892. The van der Waals surface area contributed by atoms with Gasteiger partial charge in [0.2, 0.25) is 5.91 Å². The van der Waals surface area contributed by atoms with E-state index >= 15 is 0 Å². The first-order valence-electron chi connectivity index (χ1n) is 5.18. The van der Waals surface area contributed by atoms with E-state index in [4.69, 9.17) is 4.74 Å². The number of rotatable bonds is 0. The highest BCUT2D eigenvalue weighted by molar-refractivity contribution is 5.78. The van der Waals surface area contributed by atoms with E-state index in [2.05, 4.69) is 5.32 Å². The van der Waals surface area contributed by atoms with E-state index < -0.39 is 5.72 Å². The lowest BCUT2D eigenvalue weighted by molar-refractivity contribution is -0.159. The Morgan fingerprint density at radius 3 is 3.50 bits per heavy atom. The fourth-order valence-electron chi connectivity index (χ4n) is 2.76. The summed E-state index contributed by atoms with van der Waals surface area (Å²) in [4.78, 5) is 13.6. The van der Waals surface area contributed by atoms with E-state index in [1.165, 1.54) is 0 Å². The SMILES string of the molecule is O=C1CCC2CNC=CC23OCCN13. The smallest absolute Gasteiger partial charge is 0.225 e. The maximum absolute atomic E-state index is 11.7. The zero-order chi connectivity index (χ0) is 9.60. The summed E-state index contributed by atoms with van der Waals surface area (Å²) in [6.45, 7) is 2.34. The average Bonchev–Trinajstić information content (AvgIpc) is 2.62. The molecule has 76 valence electrons. The Bertz CT molecular complexity index is 302. The van der Waals surface area contributed by atoms with Gasteiger partial charge in [-0.05, 0) is 18.7 Å². The van der Waals surface area contributed by atoms with Gasteiger partial charge in [-0.15, -0.1) is 0 Å². The highest BCUT2D eigenvalue weighted by atomic mass is 16.5. The number of nitrogens with zero attached hydrogens (tertiary/aromatic N) is 1. The molecular formula is C10H14N2O2. The van der Waals surface area contributed by atoms with Crippen molar-refractivity contribution in [3.05, 3.63) is 12.3 Å². The van der Waals surface area contributed by atoms with Gasteiger partial charge >= 0.3 is 0 Å². The Morgan fingerprint density at radius 1 is 1.64 bits per heavy atom. The molecule has 0 saturated carbocycles. The van der Waals surface area contributed by atoms with Gasteiger partial charge in [0.05, 0.1) is 6.61 Å². The summed E-state index contributed by atoms with van der Waals surface area (Å²) in [5.41, 5.74) is -0.402. The van der Waals surface area contributed by atoms with E-state index in [1.807, 2.05) is 17.2 Å². The number of carbonyl (C=O) groups excluding carboxylic acids is 1. The van der Waals surface area contributed by atoms with Gasteiger partial charge in [-0.25, -0.2) is 0 Å². The monoisotopic (exact) mass is 194 g/mol. The molecular weight excluding hydrogens is 180 g/mol. The molecule has 0 aromatic rings. The highest BCUT2D eigenvalue weighted by Gasteiger charge is 2.52. The molecule has 2 saturated heterocycles. The topological polar surface area (TPSA) is 41.6 Å². The molecule has 1 N–H and O–H groups in total. The lowest BCUT2D eigenvalue weighted by Gasteiger charge is -2.46. The van der Waals surface area contributed by atoms with Crippen molar-refractivity contribution in [2.75, 3.05) is 19.7 Å². The molecule has 4 heteroatoms. The van der Waals surface area contributed by atoms with E-state index in [1.54, 1.807) is 0 Å². The fourth-order valence-corrected chi connectivity index (χ4v) is 2.76. The number of hydrogen-bond donors (Lipinski definition) is 1. The quantitative estimate of drug-likeness (QED) is 0.593. The number of hydrogen-bond acceptors (Lipinski definition) is 3. The Morgan fingerprint density at radius 2 is 2.57 bits per heavy atom. The van der Waals surface area contributed by atoms with Gasteiger partial charge in [0.1, 0.15) is 0 Å². The first-order valence-corrected chi connectivity index (χ1v) is 5.18. The molecule has 2 fully saturated rings. The van der Waals surface area contributed by atoms with Crippen molar-refractivity contribution in [2.45, 2.75) is 18.6 Å². The van der Waals surface area contributed by atoms with E-state index in [0.29, 0.717) is 18.9 Å². The van der Waals surface area contributed by atoms with Crippen molar-refractivity contribution in [1.82, 2.24) is 10.2 Å². The van der Waals surface area contributed by atoms with Crippen molar-refractivity contribution < 1.29 is 9.53 Å². The van der Waals surface area contributed by atoms with Crippen LogP contribution in [0.2, 0.25) is 0 Å². The Kier molecular flexibility index (Phi) is 1.62. The largest absolute Gasteiger partial charge is 0.391 e. The minimum absolute atomic E-state index is 0.241. The van der Waals surface area contributed by atoms with Gasteiger partial charge in [-0.1, -0.05) is 0 Å². The van der Waals surface area contributed by atoms with Crippen molar-refractivity contribution in [3.63, 3.8) is 0 Å². The van der Waals surface area contributed by atoms with Crippen LogP contribution in [0.25, 0.3) is 0 Å². The summed E-state index contributed by atoms with van der Waals surface area (Å²) < 4.78 is 5.80. The molecule has 3 heterocycles.